The van der Waals surface area contributed by atoms with Crippen LogP contribution in [0.5, 0.6) is 0 Å². The van der Waals surface area contributed by atoms with Crippen molar-refractivity contribution in [2.45, 2.75) is 19.9 Å². The molecule has 1 aliphatic rings. The van der Waals surface area contributed by atoms with Crippen LogP contribution in [0.25, 0.3) is 11.3 Å². The first-order valence-electron chi connectivity index (χ1n) is 8.62. The molecule has 0 spiro atoms. The minimum Gasteiger partial charge on any atom is -0.378 e. The van der Waals surface area contributed by atoms with Gasteiger partial charge in [-0.25, -0.2) is 4.98 Å². The number of ether oxygens (including phenoxy) is 1. The Hall–Kier alpha value is -2.03. The van der Waals surface area contributed by atoms with Crippen molar-refractivity contribution in [1.29, 1.82) is 0 Å². The summed E-state index contributed by atoms with van der Waals surface area (Å²) in [5.41, 5.74) is 4.88. The topological polar surface area (TPSA) is 61.8 Å². The Morgan fingerprint density at radius 3 is 2.73 bits per heavy atom. The number of rotatable bonds is 5. The number of hydrazone groups is 1. The molecule has 0 bridgehead atoms. The maximum atomic E-state index is 5.44. The maximum Gasteiger partial charge on any atom is 0.187 e. The quantitative estimate of drug-likeness (QED) is 0.466. The molecule has 138 valence electrons. The molecule has 3 rings (SSSR count). The van der Waals surface area contributed by atoms with Crippen LogP contribution >= 0.6 is 23.6 Å². The molecule has 1 aromatic heterocycles. The fraction of sp³-hybridized carbons (Fsp3) is 0.389. The Morgan fingerprint density at radius 1 is 1.31 bits per heavy atom. The number of anilines is 1. The smallest absolute Gasteiger partial charge is 0.187 e. The highest BCUT2D eigenvalue weighted by Crippen LogP contribution is 2.32. The average Bonchev–Trinajstić information content (AvgIpc) is 3.07. The van der Waals surface area contributed by atoms with Crippen molar-refractivity contribution >= 4 is 40.0 Å². The van der Waals surface area contributed by atoms with E-state index in [1.807, 2.05) is 32.0 Å². The number of hydrogen-bond donors (Lipinski definition) is 2. The minimum atomic E-state index is 0.265. The van der Waals surface area contributed by atoms with Crippen molar-refractivity contribution in [3.05, 3.63) is 35.2 Å². The molecule has 0 atom stereocenters. The predicted molar refractivity (Wildman–Crippen MR) is 112 cm³/mol. The lowest BCUT2D eigenvalue weighted by molar-refractivity contribution is 0.122. The molecule has 1 aromatic carbocycles. The summed E-state index contributed by atoms with van der Waals surface area (Å²) in [5.74, 6) is 0. The summed E-state index contributed by atoms with van der Waals surface area (Å²) >= 11 is 6.84. The molecule has 0 saturated carbocycles. The molecule has 2 aromatic rings. The monoisotopic (exact) mass is 389 g/mol. The van der Waals surface area contributed by atoms with Gasteiger partial charge in [0.15, 0.2) is 10.2 Å². The lowest BCUT2D eigenvalue weighted by Gasteiger charge is -2.26. The third-order valence-electron chi connectivity index (χ3n) is 3.74. The first-order valence-corrected chi connectivity index (χ1v) is 9.84. The van der Waals surface area contributed by atoms with Gasteiger partial charge in [-0.05, 0) is 26.1 Å². The van der Waals surface area contributed by atoms with Crippen molar-refractivity contribution in [3.63, 3.8) is 0 Å². The lowest BCUT2D eigenvalue weighted by atomic mass is 10.1. The van der Waals surface area contributed by atoms with Gasteiger partial charge in [0.05, 0.1) is 30.0 Å². The number of hydrogen-bond acceptors (Lipinski definition) is 6. The summed E-state index contributed by atoms with van der Waals surface area (Å²) in [6, 6.07) is 10.4. The average molecular weight is 390 g/mol. The van der Waals surface area contributed by atoms with E-state index in [2.05, 4.69) is 32.9 Å². The Bertz CT molecular complexity index is 754. The molecule has 6 nitrogen and oxygen atoms in total. The number of nitrogens with zero attached hydrogens (tertiary/aromatic N) is 3. The van der Waals surface area contributed by atoms with Crippen molar-refractivity contribution in [3.8, 4) is 11.3 Å². The van der Waals surface area contributed by atoms with Gasteiger partial charge in [-0.3, -0.25) is 5.43 Å². The first-order chi connectivity index (χ1) is 12.6. The van der Waals surface area contributed by atoms with Crippen molar-refractivity contribution < 1.29 is 4.74 Å². The Kier molecular flexibility index (Phi) is 6.54. The minimum absolute atomic E-state index is 0.265. The van der Waals surface area contributed by atoms with E-state index in [1.54, 1.807) is 17.6 Å². The van der Waals surface area contributed by atoms with Gasteiger partial charge in [0.2, 0.25) is 0 Å². The van der Waals surface area contributed by atoms with Gasteiger partial charge in [0.1, 0.15) is 0 Å². The molecular formula is C18H23N5OS2. The highest BCUT2D eigenvalue weighted by molar-refractivity contribution is 7.80. The molecular weight excluding hydrogens is 366 g/mol. The maximum absolute atomic E-state index is 5.44. The van der Waals surface area contributed by atoms with Gasteiger partial charge in [0, 0.05) is 24.7 Å². The Morgan fingerprint density at radius 2 is 2.04 bits per heavy atom. The van der Waals surface area contributed by atoms with Crippen LogP contribution in [0.3, 0.4) is 0 Å². The van der Waals surface area contributed by atoms with E-state index in [9.17, 15) is 0 Å². The van der Waals surface area contributed by atoms with Gasteiger partial charge in [-0.2, -0.15) is 5.10 Å². The summed E-state index contributed by atoms with van der Waals surface area (Å²) < 4.78 is 5.44. The van der Waals surface area contributed by atoms with Crippen LogP contribution in [0.1, 0.15) is 18.7 Å². The molecule has 1 aliphatic heterocycles. The van der Waals surface area contributed by atoms with Gasteiger partial charge in [-0.1, -0.05) is 41.7 Å². The number of aromatic nitrogens is 1. The van der Waals surface area contributed by atoms with E-state index in [0.29, 0.717) is 5.11 Å². The summed E-state index contributed by atoms with van der Waals surface area (Å²) in [6.07, 6.45) is 1.79. The number of thiocarbonyl (C=S) groups is 1. The highest BCUT2D eigenvalue weighted by Gasteiger charge is 2.18. The molecule has 2 heterocycles. The summed E-state index contributed by atoms with van der Waals surface area (Å²) in [7, 11) is 0. The lowest BCUT2D eigenvalue weighted by Crippen LogP contribution is -2.36. The number of nitrogens with one attached hydrogen (secondary N) is 2. The summed E-state index contributed by atoms with van der Waals surface area (Å²) in [5, 5.41) is 8.90. The van der Waals surface area contributed by atoms with E-state index >= 15 is 0 Å². The van der Waals surface area contributed by atoms with Crippen molar-refractivity contribution in [2.75, 3.05) is 31.2 Å². The first kappa shape index (κ1) is 18.8. The van der Waals surface area contributed by atoms with E-state index in [4.69, 9.17) is 21.9 Å². The van der Waals surface area contributed by atoms with Gasteiger partial charge in [0.25, 0.3) is 0 Å². The number of benzene rings is 1. The van der Waals surface area contributed by atoms with Crippen LogP contribution in [0.4, 0.5) is 5.13 Å². The fourth-order valence-corrected chi connectivity index (χ4v) is 3.84. The molecule has 8 heteroatoms. The zero-order chi connectivity index (χ0) is 18.4. The zero-order valence-electron chi connectivity index (χ0n) is 14.9. The van der Waals surface area contributed by atoms with Gasteiger partial charge >= 0.3 is 0 Å². The summed E-state index contributed by atoms with van der Waals surface area (Å²) in [6.45, 7) is 7.25. The normalized spacial score (nSPS) is 14.8. The van der Waals surface area contributed by atoms with E-state index in [-0.39, 0.29) is 6.04 Å². The van der Waals surface area contributed by atoms with Crippen molar-refractivity contribution in [2.24, 2.45) is 5.10 Å². The molecule has 26 heavy (non-hydrogen) atoms. The standard InChI is InChI=1S/C18H23N5OS2/c1-13(2)20-17(25)22-19-12-15-16(14-6-4-3-5-7-14)21-18(26-15)23-8-10-24-11-9-23/h3-7,12-13H,8-11H2,1-2H3,(H2,20,22,25)/b19-12-. The van der Waals surface area contributed by atoms with Gasteiger partial charge < -0.3 is 15.0 Å². The Labute approximate surface area is 163 Å². The fourth-order valence-electron chi connectivity index (χ4n) is 2.54. The van der Waals surface area contributed by atoms with E-state index < -0.39 is 0 Å². The zero-order valence-corrected chi connectivity index (χ0v) is 16.6. The van der Waals surface area contributed by atoms with Crippen LogP contribution in [0.2, 0.25) is 0 Å². The predicted octanol–water partition coefficient (Wildman–Crippen LogP) is 2.85. The van der Waals surface area contributed by atoms with Crippen molar-refractivity contribution in [1.82, 2.24) is 15.7 Å². The molecule has 1 saturated heterocycles. The third kappa shape index (κ3) is 5.00. The largest absolute Gasteiger partial charge is 0.378 e. The number of thiazole rings is 1. The molecule has 0 amide bonds. The second-order valence-corrected chi connectivity index (χ2v) is 7.59. The highest BCUT2D eigenvalue weighted by atomic mass is 32.1. The molecule has 1 fully saturated rings. The Balaban J connectivity index is 1.82. The van der Waals surface area contributed by atoms with Crippen LogP contribution in [0.15, 0.2) is 35.4 Å². The number of morpholine rings is 1. The third-order valence-corrected chi connectivity index (χ3v) is 5.00. The van der Waals surface area contributed by atoms with Crippen LogP contribution < -0.4 is 15.6 Å². The van der Waals surface area contributed by atoms with Crippen LogP contribution in [-0.2, 0) is 4.74 Å². The van der Waals surface area contributed by atoms with Gasteiger partial charge in [-0.15, -0.1) is 0 Å². The molecule has 0 aliphatic carbocycles. The summed E-state index contributed by atoms with van der Waals surface area (Å²) in [4.78, 5) is 8.13. The van der Waals surface area contributed by atoms with E-state index in [1.165, 1.54) is 0 Å². The van der Waals surface area contributed by atoms with E-state index in [0.717, 1.165) is 47.6 Å². The van der Waals surface area contributed by atoms with Crippen LogP contribution in [-0.4, -0.2) is 48.7 Å². The van der Waals surface area contributed by atoms with Crippen LogP contribution in [0, 0.1) is 0 Å². The SMILES string of the molecule is CC(C)NC(=S)N/N=C\c1sc(N2CCOCC2)nc1-c1ccccc1. The second kappa shape index (κ2) is 9.07. The molecule has 0 unspecified atom stereocenters. The second-order valence-electron chi connectivity index (χ2n) is 6.17. The molecule has 2 N–H and O–H groups in total. The molecule has 0 radical (unpaired) electrons.